The van der Waals surface area contributed by atoms with Crippen molar-refractivity contribution in [1.82, 2.24) is 0 Å². The largest absolute Gasteiger partial charge is 0.481 e. The van der Waals surface area contributed by atoms with Gasteiger partial charge in [-0.05, 0) is 68.1 Å². The number of anilines is 3. The monoisotopic (exact) mass is 451 g/mol. The number of rotatable bonds is 10. The van der Waals surface area contributed by atoms with Crippen LogP contribution in [0.2, 0.25) is 0 Å². The SMILES string of the molecule is CCN(c1ccc([C@H](COC)CC(=O)O)cc1Nc1ccc(C#N)c(C)c1)C1CCOCC1. The molecule has 3 rings (SSSR count). The molecule has 33 heavy (non-hydrogen) atoms. The van der Waals surface area contributed by atoms with Gasteiger partial charge in [0.05, 0.1) is 36.0 Å². The summed E-state index contributed by atoms with van der Waals surface area (Å²) in [6.45, 7) is 6.76. The molecule has 1 aliphatic heterocycles. The summed E-state index contributed by atoms with van der Waals surface area (Å²) in [6, 6.07) is 14.4. The number of carbonyl (C=O) groups is 1. The van der Waals surface area contributed by atoms with Gasteiger partial charge in [-0.3, -0.25) is 4.79 Å². The van der Waals surface area contributed by atoms with E-state index >= 15 is 0 Å². The van der Waals surface area contributed by atoms with Crippen LogP contribution in [0.5, 0.6) is 0 Å². The van der Waals surface area contributed by atoms with Crippen molar-refractivity contribution in [2.24, 2.45) is 0 Å². The summed E-state index contributed by atoms with van der Waals surface area (Å²) in [5.41, 5.74) is 5.33. The number of nitrogens with one attached hydrogen (secondary N) is 1. The third-order valence-electron chi connectivity index (χ3n) is 6.19. The van der Waals surface area contributed by atoms with Gasteiger partial charge in [0.1, 0.15) is 0 Å². The molecule has 0 saturated carbocycles. The number of hydrogen-bond acceptors (Lipinski definition) is 6. The molecule has 0 amide bonds. The summed E-state index contributed by atoms with van der Waals surface area (Å²) in [4.78, 5) is 13.8. The fourth-order valence-electron chi connectivity index (χ4n) is 4.49. The number of nitriles is 1. The molecule has 2 aromatic carbocycles. The van der Waals surface area contributed by atoms with Crippen molar-refractivity contribution in [2.75, 3.05) is 43.7 Å². The van der Waals surface area contributed by atoms with Crippen molar-refractivity contribution in [3.8, 4) is 6.07 Å². The Labute approximate surface area is 195 Å². The van der Waals surface area contributed by atoms with Crippen LogP contribution in [0, 0.1) is 18.3 Å². The number of hydrogen-bond donors (Lipinski definition) is 2. The van der Waals surface area contributed by atoms with Gasteiger partial charge in [-0.1, -0.05) is 6.07 Å². The Hall–Kier alpha value is -3.08. The fourth-order valence-corrected chi connectivity index (χ4v) is 4.49. The Morgan fingerprint density at radius 1 is 1.30 bits per heavy atom. The minimum absolute atomic E-state index is 0.0000567. The third kappa shape index (κ3) is 6.25. The summed E-state index contributed by atoms with van der Waals surface area (Å²) in [5, 5.41) is 22.2. The second-order valence-electron chi connectivity index (χ2n) is 8.42. The van der Waals surface area contributed by atoms with Crippen LogP contribution in [-0.2, 0) is 14.3 Å². The maximum Gasteiger partial charge on any atom is 0.304 e. The Balaban J connectivity index is 2.02. The highest BCUT2D eigenvalue weighted by Gasteiger charge is 2.24. The first-order valence-electron chi connectivity index (χ1n) is 11.4. The lowest BCUT2D eigenvalue weighted by molar-refractivity contribution is -0.137. The van der Waals surface area contributed by atoms with Gasteiger partial charge in [0, 0.05) is 44.5 Å². The highest BCUT2D eigenvalue weighted by atomic mass is 16.5. The molecule has 7 heteroatoms. The van der Waals surface area contributed by atoms with Crippen LogP contribution in [0.3, 0.4) is 0 Å². The smallest absolute Gasteiger partial charge is 0.304 e. The molecular formula is C26H33N3O4. The zero-order valence-corrected chi connectivity index (χ0v) is 19.6. The lowest BCUT2D eigenvalue weighted by Crippen LogP contribution is -2.39. The molecule has 1 atom stereocenters. The molecule has 1 heterocycles. The van der Waals surface area contributed by atoms with E-state index in [1.165, 1.54) is 0 Å². The van der Waals surface area contributed by atoms with E-state index in [4.69, 9.17) is 9.47 Å². The average Bonchev–Trinajstić information content (AvgIpc) is 2.81. The summed E-state index contributed by atoms with van der Waals surface area (Å²) in [7, 11) is 1.59. The van der Waals surface area contributed by atoms with Crippen molar-refractivity contribution >= 4 is 23.0 Å². The number of nitrogens with zero attached hydrogens (tertiary/aromatic N) is 2. The molecule has 1 fully saturated rings. The van der Waals surface area contributed by atoms with E-state index in [-0.39, 0.29) is 12.3 Å². The number of aliphatic carboxylic acids is 1. The number of carboxylic acids is 1. The van der Waals surface area contributed by atoms with E-state index in [0.29, 0.717) is 18.2 Å². The summed E-state index contributed by atoms with van der Waals surface area (Å²) in [5.74, 6) is -1.10. The van der Waals surface area contributed by atoms with Gasteiger partial charge < -0.3 is 24.8 Å². The first-order chi connectivity index (χ1) is 16.0. The standard InChI is InChI=1S/C26H33N3O4/c1-4-29(23-9-11-33-12-10-23)25-8-6-19(21(17-32-3)15-26(30)31)14-24(25)28-22-7-5-20(16-27)18(2)13-22/h5-8,13-14,21,23,28H,4,9-12,15,17H2,1-3H3,(H,30,31)/t21-/m0/s1. The molecule has 176 valence electrons. The number of carboxylic acid groups (broad SMARTS) is 1. The van der Waals surface area contributed by atoms with Gasteiger partial charge in [0.25, 0.3) is 0 Å². The number of methoxy groups -OCH3 is 1. The van der Waals surface area contributed by atoms with Gasteiger partial charge in [-0.2, -0.15) is 5.26 Å². The van der Waals surface area contributed by atoms with Crippen LogP contribution >= 0.6 is 0 Å². The molecule has 1 aliphatic rings. The fraction of sp³-hybridized carbons (Fsp3) is 0.462. The van der Waals surface area contributed by atoms with E-state index < -0.39 is 5.97 Å². The lowest BCUT2D eigenvalue weighted by atomic mass is 9.94. The van der Waals surface area contributed by atoms with Crippen molar-refractivity contribution in [3.05, 3.63) is 53.1 Å². The highest BCUT2D eigenvalue weighted by molar-refractivity contribution is 5.77. The van der Waals surface area contributed by atoms with Crippen LogP contribution in [0.1, 0.15) is 48.8 Å². The van der Waals surface area contributed by atoms with Crippen LogP contribution in [0.25, 0.3) is 0 Å². The van der Waals surface area contributed by atoms with E-state index in [9.17, 15) is 15.2 Å². The molecule has 7 nitrogen and oxygen atoms in total. The van der Waals surface area contributed by atoms with Crippen LogP contribution in [0.4, 0.5) is 17.1 Å². The van der Waals surface area contributed by atoms with Crippen molar-refractivity contribution < 1.29 is 19.4 Å². The van der Waals surface area contributed by atoms with Gasteiger partial charge in [0.2, 0.25) is 0 Å². The van der Waals surface area contributed by atoms with Crippen molar-refractivity contribution in [2.45, 2.75) is 45.1 Å². The van der Waals surface area contributed by atoms with E-state index in [1.54, 1.807) is 7.11 Å². The maximum absolute atomic E-state index is 11.4. The van der Waals surface area contributed by atoms with Crippen LogP contribution in [-0.4, -0.2) is 50.6 Å². The highest BCUT2D eigenvalue weighted by Crippen LogP contribution is 2.36. The van der Waals surface area contributed by atoms with E-state index in [2.05, 4.69) is 29.3 Å². The molecule has 0 unspecified atom stereocenters. The normalized spacial score (nSPS) is 15.0. The van der Waals surface area contributed by atoms with Gasteiger partial charge in [-0.25, -0.2) is 0 Å². The molecule has 1 saturated heterocycles. The van der Waals surface area contributed by atoms with E-state index in [0.717, 1.165) is 60.8 Å². The predicted molar refractivity (Wildman–Crippen MR) is 129 cm³/mol. The number of ether oxygens (including phenoxy) is 2. The first kappa shape index (κ1) is 24.6. The molecular weight excluding hydrogens is 418 g/mol. The molecule has 0 aromatic heterocycles. The zero-order valence-electron chi connectivity index (χ0n) is 19.6. The Morgan fingerprint density at radius 2 is 2.06 bits per heavy atom. The van der Waals surface area contributed by atoms with Crippen LogP contribution < -0.4 is 10.2 Å². The summed E-state index contributed by atoms with van der Waals surface area (Å²) in [6.07, 6.45) is 1.94. The zero-order chi connectivity index (χ0) is 23.8. The third-order valence-corrected chi connectivity index (χ3v) is 6.19. The summed E-state index contributed by atoms with van der Waals surface area (Å²) < 4.78 is 10.9. The van der Waals surface area contributed by atoms with E-state index in [1.807, 2.05) is 37.3 Å². The number of benzene rings is 2. The maximum atomic E-state index is 11.4. The van der Waals surface area contributed by atoms with Gasteiger partial charge in [-0.15, -0.1) is 0 Å². The molecule has 0 spiro atoms. The van der Waals surface area contributed by atoms with Crippen molar-refractivity contribution in [3.63, 3.8) is 0 Å². The van der Waals surface area contributed by atoms with Crippen LogP contribution in [0.15, 0.2) is 36.4 Å². The molecule has 2 N–H and O–H groups in total. The summed E-state index contributed by atoms with van der Waals surface area (Å²) >= 11 is 0. The second kappa shape index (κ2) is 11.7. The Morgan fingerprint density at radius 3 is 2.67 bits per heavy atom. The Kier molecular flexibility index (Phi) is 8.70. The predicted octanol–water partition coefficient (Wildman–Crippen LogP) is 4.82. The first-order valence-corrected chi connectivity index (χ1v) is 11.4. The lowest BCUT2D eigenvalue weighted by Gasteiger charge is -2.37. The number of aryl methyl sites for hydroxylation is 1. The van der Waals surface area contributed by atoms with Crippen molar-refractivity contribution in [1.29, 1.82) is 5.26 Å². The molecule has 0 radical (unpaired) electrons. The Bertz CT molecular complexity index is 996. The molecule has 2 aromatic rings. The van der Waals surface area contributed by atoms with Gasteiger partial charge >= 0.3 is 5.97 Å². The molecule has 0 aliphatic carbocycles. The average molecular weight is 452 g/mol. The minimum atomic E-state index is -0.851. The topological polar surface area (TPSA) is 94.8 Å². The van der Waals surface area contributed by atoms with Gasteiger partial charge in [0.15, 0.2) is 0 Å². The minimum Gasteiger partial charge on any atom is -0.481 e. The quantitative estimate of drug-likeness (QED) is 0.535. The molecule has 0 bridgehead atoms. The second-order valence-corrected chi connectivity index (χ2v) is 8.42.